The fourth-order valence-corrected chi connectivity index (χ4v) is 1.52. The van der Waals surface area contributed by atoms with Crippen LogP contribution in [0.25, 0.3) is 0 Å². The monoisotopic (exact) mass is 258 g/mol. The highest BCUT2D eigenvalue weighted by Crippen LogP contribution is 2.13. The van der Waals surface area contributed by atoms with Gasteiger partial charge in [-0.2, -0.15) is 0 Å². The van der Waals surface area contributed by atoms with E-state index in [2.05, 4.69) is 15.9 Å². The summed E-state index contributed by atoms with van der Waals surface area (Å²) >= 11 is 3.37. The Morgan fingerprint density at radius 1 is 1.29 bits per heavy atom. The summed E-state index contributed by atoms with van der Waals surface area (Å²) in [6.45, 7) is 0.805. The van der Waals surface area contributed by atoms with Gasteiger partial charge in [0, 0.05) is 5.33 Å². The Bertz CT molecular complexity index is 263. The summed E-state index contributed by atoms with van der Waals surface area (Å²) in [5.41, 5.74) is 0.892. The molecule has 78 valence electrons. The summed E-state index contributed by atoms with van der Waals surface area (Å²) in [6.07, 6.45) is 2.17. The fourth-order valence-electron chi connectivity index (χ4n) is 1.12. The van der Waals surface area contributed by atoms with Crippen molar-refractivity contribution in [3.8, 4) is 5.75 Å². The Kier molecular flexibility index (Phi) is 5.64. The van der Waals surface area contributed by atoms with Crippen LogP contribution in [0.3, 0.4) is 0 Å². The molecule has 0 aromatic heterocycles. The number of aliphatic hydroxyl groups is 1. The number of ether oxygens (including phenoxy) is 1. The lowest BCUT2D eigenvalue weighted by molar-refractivity contribution is 0.278. The van der Waals surface area contributed by atoms with Crippen LogP contribution in [0.1, 0.15) is 18.4 Å². The van der Waals surface area contributed by atoms with Gasteiger partial charge in [0.05, 0.1) is 13.2 Å². The maximum absolute atomic E-state index is 8.91. The minimum Gasteiger partial charge on any atom is -0.494 e. The lowest BCUT2D eigenvalue weighted by Crippen LogP contribution is -1.98. The Labute approximate surface area is 93.0 Å². The van der Waals surface area contributed by atoms with E-state index in [1.165, 1.54) is 0 Å². The molecule has 0 unspecified atom stereocenters. The SMILES string of the molecule is OCc1cccc(OCCCCBr)c1. The maximum atomic E-state index is 8.91. The van der Waals surface area contributed by atoms with Crippen LogP contribution in [0.15, 0.2) is 24.3 Å². The third-order valence-electron chi connectivity index (χ3n) is 1.88. The van der Waals surface area contributed by atoms with E-state index in [4.69, 9.17) is 9.84 Å². The molecule has 0 spiro atoms. The largest absolute Gasteiger partial charge is 0.494 e. The van der Waals surface area contributed by atoms with Crippen LogP contribution in [0, 0.1) is 0 Å². The van der Waals surface area contributed by atoms with Crippen LogP contribution in [-0.2, 0) is 6.61 Å². The van der Waals surface area contributed by atoms with Crippen LogP contribution in [0.4, 0.5) is 0 Å². The van der Waals surface area contributed by atoms with Gasteiger partial charge in [-0.1, -0.05) is 28.1 Å². The van der Waals surface area contributed by atoms with Crippen LogP contribution in [0.2, 0.25) is 0 Å². The molecule has 0 saturated carbocycles. The van der Waals surface area contributed by atoms with Crippen molar-refractivity contribution in [3.63, 3.8) is 0 Å². The van der Waals surface area contributed by atoms with Crippen molar-refractivity contribution in [2.75, 3.05) is 11.9 Å². The zero-order chi connectivity index (χ0) is 10.2. The number of rotatable bonds is 6. The highest BCUT2D eigenvalue weighted by molar-refractivity contribution is 9.09. The second kappa shape index (κ2) is 6.85. The third-order valence-corrected chi connectivity index (χ3v) is 2.44. The zero-order valence-corrected chi connectivity index (χ0v) is 9.66. The molecule has 0 bridgehead atoms. The van der Waals surface area contributed by atoms with Crippen LogP contribution >= 0.6 is 15.9 Å². The number of aliphatic hydroxyl groups excluding tert-OH is 1. The van der Waals surface area contributed by atoms with Gasteiger partial charge < -0.3 is 9.84 Å². The molecule has 0 heterocycles. The summed E-state index contributed by atoms with van der Waals surface area (Å²) in [5.74, 6) is 0.839. The molecule has 1 aromatic rings. The van der Waals surface area contributed by atoms with E-state index in [0.29, 0.717) is 0 Å². The fraction of sp³-hybridized carbons (Fsp3) is 0.455. The highest BCUT2D eigenvalue weighted by Gasteiger charge is 1.95. The van der Waals surface area contributed by atoms with Crippen molar-refractivity contribution < 1.29 is 9.84 Å². The molecular weight excluding hydrogens is 244 g/mol. The lowest BCUT2D eigenvalue weighted by Gasteiger charge is -2.06. The van der Waals surface area contributed by atoms with E-state index in [0.717, 1.165) is 36.1 Å². The van der Waals surface area contributed by atoms with Crippen molar-refractivity contribution in [3.05, 3.63) is 29.8 Å². The summed E-state index contributed by atoms with van der Waals surface area (Å²) in [5, 5.41) is 9.93. The quantitative estimate of drug-likeness (QED) is 0.628. The minimum absolute atomic E-state index is 0.0681. The molecule has 3 heteroatoms. The van der Waals surface area contributed by atoms with Crippen LogP contribution in [0.5, 0.6) is 5.75 Å². The molecule has 1 rings (SSSR count). The highest BCUT2D eigenvalue weighted by atomic mass is 79.9. The molecule has 0 fully saturated rings. The normalized spacial score (nSPS) is 10.1. The maximum Gasteiger partial charge on any atom is 0.119 e. The second-order valence-electron chi connectivity index (χ2n) is 3.05. The van der Waals surface area contributed by atoms with Crippen molar-refractivity contribution in [1.29, 1.82) is 0 Å². The molecule has 0 saturated heterocycles. The Hall–Kier alpha value is -0.540. The molecule has 0 amide bonds. The Morgan fingerprint density at radius 2 is 2.14 bits per heavy atom. The molecule has 1 N–H and O–H groups in total. The molecule has 0 aliphatic rings. The number of halogens is 1. The summed E-state index contributed by atoms with van der Waals surface area (Å²) in [4.78, 5) is 0. The Balaban J connectivity index is 2.34. The standard InChI is InChI=1S/C11H15BrO2/c12-6-1-2-7-14-11-5-3-4-10(8-11)9-13/h3-5,8,13H,1-2,6-7,9H2. The molecule has 14 heavy (non-hydrogen) atoms. The summed E-state index contributed by atoms with van der Waals surface area (Å²) < 4.78 is 5.52. The van der Waals surface area contributed by atoms with Crippen molar-refractivity contribution in [2.45, 2.75) is 19.4 Å². The van der Waals surface area contributed by atoms with E-state index in [-0.39, 0.29) is 6.61 Å². The predicted molar refractivity (Wildman–Crippen MR) is 60.9 cm³/mol. The first-order valence-electron chi connectivity index (χ1n) is 4.75. The van der Waals surface area contributed by atoms with E-state index in [1.807, 2.05) is 24.3 Å². The van der Waals surface area contributed by atoms with Gasteiger partial charge in [0.2, 0.25) is 0 Å². The third kappa shape index (κ3) is 4.11. The molecule has 0 atom stereocenters. The van der Waals surface area contributed by atoms with Gasteiger partial charge in [-0.3, -0.25) is 0 Å². The average molecular weight is 259 g/mol. The average Bonchev–Trinajstić information content (AvgIpc) is 2.25. The molecule has 0 radical (unpaired) electrons. The zero-order valence-electron chi connectivity index (χ0n) is 8.08. The minimum atomic E-state index is 0.0681. The van der Waals surface area contributed by atoms with E-state index in [9.17, 15) is 0 Å². The predicted octanol–water partition coefficient (Wildman–Crippen LogP) is 2.73. The van der Waals surface area contributed by atoms with Gasteiger partial charge in [0.25, 0.3) is 0 Å². The smallest absolute Gasteiger partial charge is 0.119 e. The van der Waals surface area contributed by atoms with Crippen LogP contribution in [-0.4, -0.2) is 17.0 Å². The molecule has 2 nitrogen and oxygen atoms in total. The summed E-state index contributed by atoms with van der Waals surface area (Å²) in [7, 11) is 0. The first kappa shape index (κ1) is 11.5. The number of benzene rings is 1. The molecule has 1 aromatic carbocycles. The van der Waals surface area contributed by atoms with Crippen molar-refractivity contribution >= 4 is 15.9 Å². The van der Waals surface area contributed by atoms with Gasteiger partial charge in [-0.25, -0.2) is 0 Å². The molecule has 0 aliphatic carbocycles. The van der Waals surface area contributed by atoms with Gasteiger partial charge in [0.1, 0.15) is 5.75 Å². The molecule has 0 aliphatic heterocycles. The van der Waals surface area contributed by atoms with Gasteiger partial charge >= 0.3 is 0 Å². The van der Waals surface area contributed by atoms with Crippen LogP contribution < -0.4 is 4.74 Å². The Morgan fingerprint density at radius 3 is 2.86 bits per heavy atom. The van der Waals surface area contributed by atoms with Gasteiger partial charge in [-0.05, 0) is 30.5 Å². The summed E-state index contributed by atoms with van der Waals surface area (Å²) in [6, 6.07) is 7.55. The first-order chi connectivity index (χ1) is 6.86. The van der Waals surface area contributed by atoms with Gasteiger partial charge in [0.15, 0.2) is 0 Å². The van der Waals surface area contributed by atoms with E-state index < -0.39 is 0 Å². The van der Waals surface area contributed by atoms with Gasteiger partial charge in [-0.15, -0.1) is 0 Å². The topological polar surface area (TPSA) is 29.5 Å². The first-order valence-corrected chi connectivity index (χ1v) is 5.87. The van der Waals surface area contributed by atoms with E-state index in [1.54, 1.807) is 0 Å². The molecular formula is C11H15BrO2. The van der Waals surface area contributed by atoms with E-state index >= 15 is 0 Å². The van der Waals surface area contributed by atoms with Crippen molar-refractivity contribution in [2.24, 2.45) is 0 Å². The lowest BCUT2D eigenvalue weighted by atomic mass is 10.2. The number of hydrogen-bond acceptors (Lipinski definition) is 2. The second-order valence-corrected chi connectivity index (χ2v) is 3.84. The number of hydrogen-bond donors (Lipinski definition) is 1. The van der Waals surface area contributed by atoms with Crippen molar-refractivity contribution in [1.82, 2.24) is 0 Å². The number of unbranched alkanes of at least 4 members (excludes halogenated alkanes) is 1. The number of alkyl halides is 1.